The molecule has 0 bridgehead atoms. The molecule has 0 amide bonds. The molecule has 0 saturated heterocycles. The fraction of sp³-hybridized carbons (Fsp3) is 0.273. The first kappa shape index (κ1) is 12.7. The van der Waals surface area contributed by atoms with E-state index in [1.54, 1.807) is 6.08 Å². The quantitative estimate of drug-likeness (QED) is 0.818. The summed E-state index contributed by atoms with van der Waals surface area (Å²) in [4.78, 5) is 0. The second-order valence-corrected chi connectivity index (χ2v) is 4.47. The molecule has 4 heteroatoms. The van der Waals surface area contributed by atoms with Gasteiger partial charge in [-0.15, -0.1) is 6.58 Å². The Morgan fingerprint density at radius 1 is 1.60 bits per heavy atom. The fourth-order valence-corrected chi connectivity index (χ4v) is 2.14. The van der Waals surface area contributed by atoms with Gasteiger partial charge in [0.2, 0.25) is 0 Å². The molecule has 0 aliphatic heterocycles. The van der Waals surface area contributed by atoms with Crippen LogP contribution in [0.4, 0.5) is 0 Å². The summed E-state index contributed by atoms with van der Waals surface area (Å²) in [6, 6.07) is 5.87. The summed E-state index contributed by atoms with van der Waals surface area (Å²) in [5, 5.41) is 3.97. The van der Waals surface area contributed by atoms with E-state index in [1.165, 1.54) is 0 Å². The molecular formula is C11H14BrClN2. The van der Waals surface area contributed by atoms with Crippen LogP contribution in [0.25, 0.3) is 0 Å². The molecule has 1 aromatic rings. The third-order valence-electron chi connectivity index (χ3n) is 2.08. The Kier molecular flexibility index (Phi) is 5.32. The van der Waals surface area contributed by atoms with Crippen LogP contribution in [-0.2, 0) is 0 Å². The normalized spacial score (nSPS) is 12.5. The maximum Gasteiger partial charge on any atom is 0.0465 e. The molecule has 0 aromatic heterocycles. The van der Waals surface area contributed by atoms with Gasteiger partial charge in [-0.25, -0.2) is 0 Å². The summed E-state index contributed by atoms with van der Waals surface area (Å²) in [6.45, 7) is 4.88. The molecule has 1 unspecified atom stereocenters. The van der Waals surface area contributed by atoms with E-state index in [9.17, 15) is 0 Å². The molecular weight excluding hydrogens is 275 g/mol. The Balaban J connectivity index is 2.86. The van der Waals surface area contributed by atoms with Crippen molar-refractivity contribution in [2.24, 2.45) is 5.73 Å². The van der Waals surface area contributed by atoms with Gasteiger partial charge in [0.1, 0.15) is 0 Å². The van der Waals surface area contributed by atoms with E-state index in [0.29, 0.717) is 13.1 Å². The Morgan fingerprint density at radius 3 is 2.87 bits per heavy atom. The molecule has 0 aliphatic carbocycles. The van der Waals surface area contributed by atoms with Gasteiger partial charge in [0.15, 0.2) is 0 Å². The van der Waals surface area contributed by atoms with E-state index in [-0.39, 0.29) is 6.04 Å². The number of hydrogen-bond acceptors (Lipinski definition) is 2. The van der Waals surface area contributed by atoms with E-state index in [0.717, 1.165) is 15.1 Å². The molecule has 15 heavy (non-hydrogen) atoms. The third kappa shape index (κ3) is 3.61. The van der Waals surface area contributed by atoms with Gasteiger partial charge in [0.05, 0.1) is 0 Å². The van der Waals surface area contributed by atoms with Crippen molar-refractivity contribution in [3.8, 4) is 0 Å². The number of nitrogens with two attached hydrogens (primary N) is 1. The molecule has 0 saturated carbocycles. The van der Waals surface area contributed by atoms with Gasteiger partial charge >= 0.3 is 0 Å². The zero-order valence-corrected chi connectivity index (χ0v) is 10.7. The van der Waals surface area contributed by atoms with Crippen molar-refractivity contribution < 1.29 is 0 Å². The SMILES string of the molecule is C=CCNC(CN)c1ccc(Br)cc1Cl. The van der Waals surface area contributed by atoms with Gasteiger partial charge in [-0.1, -0.05) is 39.7 Å². The highest BCUT2D eigenvalue weighted by atomic mass is 79.9. The predicted octanol–water partition coefficient (Wildman–Crippen LogP) is 2.88. The first-order chi connectivity index (χ1) is 7.19. The topological polar surface area (TPSA) is 38.0 Å². The van der Waals surface area contributed by atoms with Gasteiger partial charge < -0.3 is 11.1 Å². The van der Waals surface area contributed by atoms with Crippen molar-refractivity contribution in [1.29, 1.82) is 0 Å². The summed E-state index contributed by atoms with van der Waals surface area (Å²) in [5.41, 5.74) is 6.70. The molecule has 1 rings (SSSR count). The second-order valence-electron chi connectivity index (χ2n) is 3.15. The first-order valence-corrected chi connectivity index (χ1v) is 5.85. The minimum absolute atomic E-state index is 0.0728. The Labute approximate surface area is 104 Å². The number of nitrogens with one attached hydrogen (secondary N) is 1. The summed E-state index contributed by atoms with van der Waals surface area (Å²) < 4.78 is 0.968. The van der Waals surface area contributed by atoms with Crippen LogP contribution in [0, 0.1) is 0 Å². The lowest BCUT2D eigenvalue weighted by atomic mass is 10.1. The summed E-state index contributed by atoms with van der Waals surface area (Å²) >= 11 is 9.50. The standard InChI is InChI=1S/C11H14BrClN2/c1-2-5-15-11(7-14)9-4-3-8(12)6-10(9)13/h2-4,6,11,15H,1,5,7,14H2. The Morgan fingerprint density at radius 2 is 2.33 bits per heavy atom. The van der Waals surface area contributed by atoms with Crippen LogP contribution in [0.5, 0.6) is 0 Å². The van der Waals surface area contributed by atoms with Crippen molar-refractivity contribution in [3.05, 3.63) is 45.9 Å². The van der Waals surface area contributed by atoms with E-state index in [2.05, 4.69) is 27.8 Å². The highest BCUT2D eigenvalue weighted by molar-refractivity contribution is 9.10. The molecule has 0 heterocycles. The molecule has 1 atom stereocenters. The van der Waals surface area contributed by atoms with E-state index < -0.39 is 0 Å². The molecule has 82 valence electrons. The van der Waals surface area contributed by atoms with Crippen LogP contribution in [0.3, 0.4) is 0 Å². The van der Waals surface area contributed by atoms with Gasteiger partial charge in [0, 0.05) is 28.6 Å². The molecule has 0 fully saturated rings. The van der Waals surface area contributed by atoms with E-state index in [4.69, 9.17) is 17.3 Å². The van der Waals surface area contributed by atoms with Crippen molar-refractivity contribution in [2.45, 2.75) is 6.04 Å². The monoisotopic (exact) mass is 288 g/mol. The average molecular weight is 290 g/mol. The Bertz CT molecular complexity index is 341. The van der Waals surface area contributed by atoms with Gasteiger partial charge in [0.25, 0.3) is 0 Å². The van der Waals surface area contributed by atoms with Crippen molar-refractivity contribution >= 4 is 27.5 Å². The molecule has 1 aromatic carbocycles. The van der Waals surface area contributed by atoms with Gasteiger partial charge in [-0.05, 0) is 17.7 Å². The predicted molar refractivity (Wildman–Crippen MR) is 69.1 cm³/mol. The Hall–Kier alpha value is -0.350. The lowest BCUT2D eigenvalue weighted by Gasteiger charge is -2.17. The van der Waals surface area contributed by atoms with Crippen LogP contribution in [-0.4, -0.2) is 13.1 Å². The summed E-state index contributed by atoms with van der Waals surface area (Å²) in [7, 11) is 0. The number of rotatable bonds is 5. The first-order valence-electron chi connectivity index (χ1n) is 4.68. The minimum Gasteiger partial charge on any atom is -0.329 e. The molecule has 2 nitrogen and oxygen atoms in total. The van der Waals surface area contributed by atoms with Crippen LogP contribution in [0.2, 0.25) is 5.02 Å². The van der Waals surface area contributed by atoms with Crippen molar-refractivity contribution in [1.82, 2.24) is 5.32 Å². The van der Waals surface area contributed by atoms with Crippen molar-refractivity contribution in [3.63, 3.8) is 0 Å². The third-order valence-corrected chi connectivity index (χ3v) is 2.90. The maximum atomic E-state index is 6.13. The van der Waals surface area contributed by atoms with Crippen LogP contribution < -0.4 is 11.1 Å². The summed E-state index contributed by atoms with van der Waals surface area (Å²) in [6.07, 6.45) is 1.80. The molecule has 3 N–H and O–H groups in total. The number of halogens is 2. The van der Waals surface area contributed by atoms with Gasteiger partial charge in [-0.2, -0.15) is 0 Å². The smallest absolute Gasteiger partial charge is 0.0465 e. The molecule has 0 aliphatic rings. The average Bonchev–Trinajstić information content (AvgIpc) is 2.21. The number of benzene rings is 1. The zero-order valence-electron chi connectivity index (χ0n) is 8.34. The lowest BCUT2D eigenvalue weighted by molar-refractivity contribution is 0.578. The highest BCUT2D eigenvalue weighted by Gasteiger charge is 2.11. The zero-order chi connectivity index (χ0) is 11.3. The lowest BCUT2D eigenvalue weighted by Crippen LogP contribution is -2.28. The van der Waals surface area contributed by atoms with Crippen molar-refractivity contribution in [2.75, 3.05) is 13.1 Å². The highest BCUT2D eigenvalue weighted by Crippen LogP contribution is 2.25. The second kappa shape index (κ2) is 6.28. The molecule has 0 radical (unpaired) electrons. The maximum absolute atomic E-state index is 6.13. The largest absolute Gasteiger partial charge is 0.329 e. The number of hydrogen-bond donors (Lipinski definition) is 2. The van der Waals surface area contributed by atoms with Crippen LogP contribution >= 0.6 is 27.5 Å². The molecule has 0 spiro atoms. The fourth-order valence-electron chi connectivity index (χ4n) is 1.33. The summed E-state index contributed by atoms with van der Waals surface area (Å²) in [5.74, 6) is 0. The van der Waals surface area contributed by atoms with Crippen LogP contribution in [0.1, 0.15) is 11.6 Å². The minimum atomic E-state index is 0.0728. The van der Waals surface area contributed by atoms with Crippen LogP contribution in [0.15, 0.2) is 35.3 Å². The van der Waals surface area contributed by atoms with E-state index in [1.807, 2.05) is 18.2 Å². The van der Waals surface area contributed by atoms with E-state index >= 15 is 0 Å². The van der Waals surface area contributed by atoms with Gasteiger partial charge in [-0.3, -0.25) is 0 Å².